The molecule has 0 saturated carbocycles. The summed E-state index contributed by atoms with van der Waals surface area (Å²) in [6.07, 6.45) is 6.06. The molecule has 3 heteroatoms. The molecule has 0 saturated heterocycles. The van der Waals surface area contributed by atoms with Crippen LogP contribution < -0.4 is 0 Å². The van der Waals surface area contributed by atoms with E-state index in [1.54, 1.807) is 18.2 Å². The van der Waals surface area contributed by atoms with Gasteiger partial charge in [-0.25, -0.2) is 0 Å². The average molecular weight is 637 g/mol. The standard InChI is InChI=1S/C46H36O3/c47-43-24-21-35-7-1-4-10-38(35)40(43)27-31-13-17-33(18-14-31)29-46(42-12-6-3-9-37(42)23-26-45(46)49)30-34-19-15-32(16-20-34)28-41-39-11-5-2-8-36(39)22-25-44(41)48/h1-26,47-48H,27-30H2. The Morgan fingerprint density at radius 1 is 0.449 bits per heavy atom. The van der Waals surface area contributed by atoms with Crippen molar-refractivity contribution in [3.8, 4) is 11.5 Å². The maximum Gasteiger partial charge on any atom is 0.166 e. The molecule has 1 aliphatic carbocycles. The maximum absolute atomic E-state index is 14.1. The summed E-state index contributed by atoms with van der Waals surface area (Å²) in [5, 5.41) is 25.8. The lowest BCUT2D eigenvalue weighted by molar-refractivity contribution is -0.120. The molecule has 7 aromatic carbocycles. The Balaban J connectivity index is 1.09. The zero-order valence-electron chi connectivity index (χ0n) is 27.1. The molecule has 0 spiro atoms. The highest BCUT2D eigenvalue weighted by atomic mass is 16.3. The molecule has 7 aromatic rings. The summed E-state index contributed by atoms with van der Waals surface area (Å²) in [7, 11) is 0. The number of ketones is 1. The van der Waals surface area contributed by atoms with E-state index in [1.165, 1.54) is 0 Å². The Bertz CT molecular complexity index is 2230. The van der Waals surface area contributed by atoms with Crippen molar-refractivity contribution in [3.05, 3.63) is 196 Å². The fraction of sp³-hybridized carbons (Fsp3) is 0.109. The molecule has 0 aliphatic heterocycles. The van der Waals surface area contributed by atoms with Crippen LogP contribution in [0.5, 0.6) is 11.5 Å². The highest BCUT2D eigenvalue weighted by Crippen LogP contribution is 2.40. The van der Waals surface area contributed by atoms with Gasteiger partial charge < -0.3 is 10.2 Å². The lowest BCUT2D eigenvalue weighted by Crippen LogP contribution is -2.41. The predicted molar refractivity (Wildman–Crippen MR) is 199 cm³/mol. The van der Waals surface area contributed by atoms with Gasteiger partial charge in [0.15, 0.2) is 5.78 Å². The Kier molecular flexibility index (Phi) is 7.81. The second kappa shape index (κ2) is 12.6. The van der Waals surface area contributed by atoms with Crippen molar-refractivity contribution in [1.82, 2.24) is 0 Å². The topological polar surface area (TPSA) is 57.5 Å². The van der Waals surface area contributed by atoms with Crippen molar-refractivity contribution in [2.24, 2.45) is 0 Å². The summed E-state index contributed by atoms with van der Waals surface area (Å²) in [6, 6.07) is 49.0. The number of phenols is 2. The molecule has 2 N–H and O–H groups in total. The summed E-state index contributed by atoms with van der Waals surface area (Å²) >= 11 is 0. The highest BCUT2D eigenvalue weighted by molar-refractivity contribution is 6.05. The fourth-order valence-corrected chi connectivity index (χ4v) is 7.64. The Labute approximate surface area is 286 Å². The Morgan fingerprint density at radius 2 is 0.898 bits per heavy atom. The third-order valence-electron chi connectivity index (χ3n) is 10.2. The lowest BCUT2D eigenvalue weighted by atomic mass is 9.65. The van der Waals surface area contributed by atoms with Crippen LogP contribution in [0.3, 0.4) is 0 Å². The van der Waals surface area contributed by atoms with Gasteiger partial charge in [-0.1, -0.05) is 140 Å². The molecule has 0 heterocycles. The molecule has 0 atom stereocenters. The highest BCUT2D eigenvalue weighted by Gasteiger charge is 2.42. The van der Waals surface area contributed by atoms with Gasteiger partial charge in [-0.05, 0) is 86.0 Å². The van der Waals surface area contributed by atoms with Gasteiger partial charge in [-0.15, -0.1) is 0 Å². The summed E-state index contributed by atoms with van der Waals surface area (Å²) in [6.45, 7) is 0. The molecule has 0 unspecified atom stereocenters. The number of aromatic hydroxyl groups is 2. The van der Waals surface area contributed by atoms with E-state index in [2.05, 4.69) is 84.9 Å². The third-order valence-corrected chi connectivity index (χ3v) is 10.2. The molecule has 238 valence electrons. The molecule has 8 rings (SSSR count). The zero-order valence-corrected chi connectivity index (χ0v) is 27.1. The Morgan fingerprint density at radius 3 is 1.43 bits per heavy atom. The van der Waals surface area contributed by atoms with E-state index in [-0.39, 0.29) is 5.78 Å². The van der Waals surface area contributed by atoms with Crippen LogP contribution >= 0.6 is 0 Å². The summed E-state index contributed by atoms with van der Waals surface area (Å²) in [4.78, 5) is 14.1. The molecule has 0 bridgehead atoms. The monoisotopic (exact) mass is 636 g/mol. The van der Waals surface area contributed by atoms with Gasteiger partial charge in [0, 0.05) is 24.0 Å². The number of carbonyl (C=O) groups excluding carboxylic acids is 1. The molecule has 0 aromatic heterocycles. The molecule has 0 fully saturated rings. The average Bonchev–Trinajstić information content (AvgIpc) is 3.14. The van der Waals surface area contributed by atoms with E-state index in [9.17, 15) is 15.0 Å². The molecular formula is C46H36O3. The summed E-state index contributed by atoms with van der Waals surface area (Å²) in [5.41, 5.74) is 7.60. The minimum atomic E-state index is -0.754. The second-order valence-electron chi connectivity index (χ2n) is 13.3. The van der Waals surface area contributed by atoms with Crippen molar-refractivity contribution in [2.75, 3.05) is 0 Å². The SMILES string of the molecule is O=C1C=Cc2ccccc2C1(Cc1ccc(Cc2c(O)ccc3ccccc23)cc1)Cc1ccc(Cc2c(O)ccc3ccccc23)cc1. The van der Waals surface area contributed by atoms with Crippen molar-refractivity contribution in [1.29, 1.82) is 0 Å². The first kappa shape index (κ1) is 30.4. The summed E-state index contributed by atoms with van der Waals surface area (Å²) < 4.78 is 0. The number of allylic oxidation sites excluding steroid dienone is 1. The van der Waals surface area contributed by atoms with Crippen LogP contribution in [0.25, 0.3) is 27.6 Å². The smallest absolute Gasteiger partial charge is 0.166 e. The van der Waals surface area contributed by atoms with E-state index in [0.29, 0.717) is 37.2 Å². The molecule has 3 nitrogen and oxygen atoms in total. The van der Waals surface area contributed by atoms with Gasteiger partial charge in [0.25, 0.3) is 0 Å². The van der Waals surface area contributed by atoms with Crippen molar-refractivity contribution >= 4 is 33.4 Å². The first-order chi connectivity index (χ1) is 24.0. The van der Waals surface area contributed by atoms with E-state index >= 15 is 0 Å². The maximum atomic E-state index is 14.1. The first-order valence-corrected chi connectivity index (χ1v) is 16.8. The van der Waals surface area contributed by atoms with Gasteiger partial charge in [-0.2, -0.15) is 0 Å². The number of hydrogen-bond acceptors (Lipinski definition) is 3. The number of rotatable bonds is 8. The Hall–Kier alpha value is -5.93. The van der Waals surface area contributed by atoms with Crippen molar-refractivity contribution in [3.63, 3.8) is 0 Å². The molecule has 0 amide bonds. The zero-order chi connectivity index (χ0) is 33.4. The van der Waals surface area contributed by atoms with Crippen LogP contribution in [0, 0.1) is 0 Å². The van der Waals surface area contributed by atoms with Gasteiger partial charge in [-0.3, -0.25) is 4.79 Å². The van der Waals surface area contributed by atoms with E-state index in [1.807, 2.05) is 54.6 Å². The minimum Gasteiger partial charge on any atom is -0.508 e. The summed E-state index contributed by atoms with van der Waals surface area (Å²) in [5.74, 6) is 0.719. The second-order valence-corrected chi connectivity index (χ2v) is 13.3. The van der Waals surface area contributed by atoms with Crippen LogP contribution in [-0.4, -0.2) is 16.0 Å². The van der Waals surface area contributed by atoms with Crippen LogP contribution in [0.1, 0.15) is 44.5 Å². The largest absolute Gasteiger partial charge is 0.508 e. The quantitative estimate of drug-likeness (QED) is 0.175. The molecule has 1 aliphatic rings. The van der Waals surface area contributed by atoms with Crippen molar-refractivity contribution in [2.45, 2.75) is 31.1 Å². The predicted octanol–water partition coefficient (Wildman–Crippen LogP) is 9.90. The minimum absolute atomic E-state index is 0.112. The van der Waals surface area contributed by atoms with E-state index in [0.717, 1.165) is 66.1 Å². The van der Waals surface area contributed by atoms with E-state index in [4.69, 9.17) is 0 Å². The van der Waals surface area contributed by atoms with Gasteiger partial charge in [0.05, 0.1) is 5.41 Å². The molecular weight excluding hydrogens is 601 g/mol. The number of hydrogen-bond donors (Lipinski definition) is 2. The number of carbonyl (C=O) groups is 1. The number of benzene rings is 7. The van der Waals surface area contributed by atoms with Crippen molar-refractivity contribution < 1.29 is 15.0 Å². The molecule has 0 radical (unpaired) electrons. The van der Waals surface area contributed by atoms with Crippen LogP contribution in [-0.2, 0) is 35.9 Å². The number of fused-ring (bicyclic) bond motifs is 3. The number of phenolic OH excluding ortho intramolecular Hbond substituents is 2. The third kappa shape index (κ3) is 5.78. The van der Waals surface area contributed by atoms with E-state index < -0.39 is 5.41 Å². The fourth-order valence-electron chi connectivity index (χ4n) is 7.64. The van der Waals surface area contributed by atoms with Crippen LogP contribution in [0.2, 0.25) is 0 Å². The normalized spacial score (nSPS) is 13.5. The molecule has 49 heavy (non-hydrogen) atoms. The lowest BCUT2D eigenvalue weighted by Gasteiger charge is -2.36. The van der Waals surface area contributed by atoms with Gasteiger partial charge in [0.1, 0.15) is 11.5 Å². The first-order valence-electron chi connectivity index (χ1n) is 16.8. The van der Waals surface area contributed by atoms with Crippen LogP contribution in [0.15, 0.2) is 152 Å². The van der Waals surface area contributed by atoms with Crippen LogP contribution in [0.4, 0.5) is 0 Å². The van der Waals surface area contributed by atoms with Gasteiger partial charge >= 0.3 is 0 Å². The van der Waals surface area contributed by atoms with Gasteiger partial charge in [0.2, 0.25) is 0 Å².